The molecule has 2 aliphatic heterocycles. The smallest absolute Gasteiger partial charge is 0.171 e. The van der Waals surface area contributed by atoms with Gasteiger partial charge in [-0.1, -0.05) is 12.1 Å². The summed E-state index contributed by atoms with van der Waals surface area (Å²) in [5.74, 6) is 0. The van der Waals surface area contributed by atoms with Crippen molar-refractivity contribution in [2.45, 2.75) is 24.9 Å². The van der Waals surface area contributed by atoms with Crippen molar-refractivity contribution in [1.82, 2.24) is 4.72 Å². The van der Waals surface area contributed by atoms with Crippen LogP contribution >= 0.6 is 11.9 Å². The molecule has 0 aliphatic carbocycles. The first-order chi connectivity index (χ1) is 13.7. The van der Waals surface area contributed by atoms with Crippen molar-refractivity contribution in [2.75, 3.05) is 44.9 Å². The zero-order valence-electron chi connectivity index (χ0n) is 15.8. The minimum Gasteiger partial charge on any atom is -0.400 e. The molecule has 0 radical (unpaired) electrons. The monoisotopic (exact) mass is 409 g/mol. The lowest BCUT2D eigenvalue weighted by molar-refractivity contribution is -0.168. The summed E-state index contributed by atoms with van der Waals surface area (Å²) < 4.78 is 13.4. The largest absolute Gasteiger partial charge is 0.400 e. The highest BCUT2D eigenvalue weighted by molar-refractivity contribution is 8.01. The highest BCUT2D eigenvalue weighted by atomic mass is 32.2. The molecule has 0 amide bonds. The molecule has 154 valence electrons. The summed E-state index contributed by atoms with van der Waals surface area (Å²) >= 11 is 1.13. The fourth-order valence-electron chi connectivity index (χ4n) is 2.89. The minimum absolute atomic E-state index is 0.125. The first kappa shape index (κ1) is 22.6. The van der Waals surface area contributed by atoms with Gasteiger partial charge >= 0.3 is 0 Å². The molecule has 0 aromatic heterocycles. The molecule has 3 rings (SSSR count). The van der Waals surface area contributed by atoms with E-state index in [9.17, 15) is 15.5 Å². The summed E-state index contributed by atoms with van der Waals surface area (Å²) in [6, 6.07) is 9.75. The van der Waals surface area contributed by atoms with E-state index in [-0.39, 0.29) is 6.61 Å². The second-order valence-corrected chi connectivity index (χ2v) is 7.13. The summed E-state index contributed by atoms with van der Waals surface area (Å²) in [6.45, 7) is 3.38. The number of nitrogens with one attached hydrogen (secondary N) is 1. The van der Waals surface area contributed by atoms with Gasteiger partial charge in [0.15, 0.2) is 6.29 Å². The Labute approximate surface area is 169 Å². The molecule has 0 spiro atoms. The SMILES string of the molecule is CO.N#C/C(=C\c1ccc(N2CCOCC2)cc1)SNC1CC(O)COC1O. The Hall–Kier alpha value is -1.64. The maximum Gasteiger partial charge on any atom is 0.171 e. The van der Waals surface area contributed by atoms with E-state index in [0.717, 1.165) is 56.6 Å². The Bertz CT molecular complexity index is 659. The van der Waals surface area contributed by atoms with Gasteiger partial charge in [0.1, 0.15) is 11.0 Å². The number of allylic oxidation sites excluding steroid dienone is 1. The van der Waals surface area contributed by atoms with Crippen molar-refractivity contribution in [1.29, 1.82) is 5.26 Å². The predicted octanol–water partition coefficient (Wildman–Crippen LogP) is 0.702. The number of aliphatic hydroxyl groups is 3. The second-order valence-electron chi connectivity index (χ2n) is 6.25. The number of benzene rings is 1. The molecule has 2 aliphatic rings. The molecule has 3 atom stereocenters. The maximum absolute atomic E-state index is 9.79. The average Bonchev–Trinajstić information content (AvgIpc) is 2.76. The molecule has 2 saturated heterocycles. The van der Waals surface area contributed by atoms with Crippen LogP contribution in [0.25, 0.3) is 6.08 Å². The number of hydrogen-bond donors (Lipinski definition) is 4. The lowest BCUT2D eigenvalue weighted by Gasteiger charge is -2.31. The highest BCUT2D eigenvalue weighted by Crippen LogP contribution is 2.22. The zero-order valence-corrected chi connectivity index (χ0v) is 16.6. The van der Waals surface area contributed by atoms with Crippen LogP contribution < -0.4 is 9.62 Å². The third-order valence-corrected chi connectivity index (χ3v) is 5.18. The van der Waals surface area contributed by atoms with Crippen molar-refractivity contribution >= 4 is 23.7 Å². The molecule has 1 aromatic rings. The third-order valence-electron chi connectivity index (χ3n) is 4.33. The van der Waals surface area contributed by atoms with E-state index in [0.29, 0.717) is 11.3 Å². The van der Waals surface area contributed by atoms with E-state index < -0.39 is 18.4 Å². The lowest BCUT2D eigenvalue weighted by atomic mass is 10.1. The van der Waals surface area contributed by atoms with E-state index in [2.05, 4.69) is 15.7 Å². The summed E-state index contributed by atoms with van der Waals surface area (Å²) in [5.41, 5.74) is 2.07. The van der Waals surface area contributed by atoms with Gasteiger partial charge in [0.05, 0.1) is 32.0 Å². The van der Waals surface area contributed by atoms with Crippen LogP contribution in [0.3, 0.4) is 0 Å². The number of nitrogens with zero attached hydrogens (tertiary/aromatic N) is 2. The molecule has 9 heteroatoms. The van der Waals surface area contributed by atoms with Gasteiger partial charge in [0, 0.05) is 25.9 Å². The molecular weight excluding hydrogens is 382 g/mol. The van der Waals surface area contributed by atoms with Crippen LogP contribution in [0.1, 0.15) is 12.0 Å². The number of nitriles is 1. The van der Waals surface area contributed by atoms with Gasteiger partial charge in [-0.2, -0.15) is 5.26 Å². The van der Waals surface area contributed by atoms with Crippen molar-refractivity contribution in [3.05, 3.63) is 34.7 Å². The van der Waals surface area contributed by atoms with Gasteiger partial charge in [-0.05, 0) is 42.1 Å². The molecule has 4 N–H and O–H groups in total. The highest BCUT2D eigenvalue weighted by Gasteiger charge is 2.29. The molecule has 3 unspecified atom stereocenters. The number of aliphatic hydroxyl groups excluding tert-OH is 3. The Kier molecular flexibility index (Phi) is 9.73. The van der Waals surface area contributed by atoms with Gasteiger partial charge in [0.25, 0.3) is 0 Å². The Balaban J connectivity index is 0.00000136. The summed E-state index contributed by atoms with van der Waals surface area (Å²) in [6.07, 6.45) is 0.561. The fourth-order valence-corrected chi connectivity index (χ4v) is 3.62. The van der Waals surface area contributed by atoms with Gasteiger partial charge in [0.2, 0.25) is 0 Å². The van der Waals surface area contributed by atoms with Crippen LogP contribution in [0, 0.1) is 11.3 Å². The Morgan fingerprint density at radius 1 is 1.25 bits per heavy atom. The molecule has 2 heterocycles. The van der Waals surface area contributed by atoms with Gasteiger partial charge in [-0.25, -0.2) is 0 Å². The van der Waals surface area contributed by atoms with Crippen LogP contribution in [0.5, 0.6) is 0 Å². The number of rotatable bonds is 5. The normalized spacial score (nSPS) is 25.5. The fraction of sp³-hybridized carbons (Fsp3) is 0.526. The Morgan fingerprint density at radius 3 is 2.57 bits per heavy atom. The van der Waals surface area contributed by atoms with Crippen molar-refractivity contribution in [3.8, 4) is 6.07 Å². The first-order valence-electron chi connectivity index (χ1n) is 9.05. The topological polar surface area (TPSA) is 118 Å². The molecule has 0 saturated carbocycles. The van der Waals surface area contributed by atoms with Crippen LogP contribution in [0.15, 0.2) is 29.2 Å². The minimum atomic E-state index is -0.987. The molecule has 1 aromatic carbocycles. The number of hydrogen-bond acceptors (Lipinski definition) is 9. The standard InChI is InChI=1S/C18H23N3O4S.CH4O/c19-11-16(26-20-17-10-15(22)12-25-18(17)23)9-13-1-3-14(4-2-13)21-5-7-24-8-6-21;1-2/h1-4,9,15,17-18,20,22-23H,5-8,10,12H2;2H,1H3/b16-9+;. The Morgan fingerprint density at radius 2 is 1.93 bits per heavy atom. The number of morpholine rings is 1. The summed E-state index contributed by atoms with van der Waals surface area (Å²) in [7, 11) is 1.00. The van der Waals surface area contributed by atoms with Crippen LogP contribution in [-0.2, 0) is 9.47 Å². The third kappa shape index (κ3) is 6.76. The molecule has 28 heavy (non-hydrogen) atoms. The zero-order chi connectivity index (χ0) is 20.4. The van der Waals surface area contributed by atoms with Crippen molar-refractivity contribution < 1.29 is 24.8 Å². The van der Waals surface area contributed by atoms with E-state index >= 15 is 0 Å². The van der Waals surface area contributed by atoms with Crippen LogP contribution in [0.2, 0.25) is 0 Å². The van der Waals surface area contributed by atoms with E-state index in [1.54, 1.807) is 6.08 Å². The van der Waals surface area contributed by atoms with Crippen LogP contribution in [0.4, 0.5) is 5.69 Å². The molecule has 8 nitrogen and oxygen atoms in total. The number of anilines is 1. The summed E-state index contributed by atoms with van der Waals surface area (Å²) in [4.78, 5) is 2.74. The van der Waals surface area contributed by atoms with Gasteiger partial charge in [-0.3, -0.25) is 4.72 Å². The number of ether oxygens (including phenoxy) is 2. The predicted molar refractivity (Wildman–Crippen MR) is 108 cm³/mol. The van der Waals surface area contributed by atoms with Gasteiger partial charge in [-0.15, -0.1) is 0 Å². The summed E-state index contributed by atoms with van der Waals surface area (Å²) in [5, 5.41) is 35.8. The molecule has 2 fully saturated rings. The second kappa shape index (κ2) is 12.0. The van der Waals surface area contributed by atoms with E-state index in [1.807, 2.05) is 24.3 Å². The van der Waals surface area contributed by atoms with Crippen LogP contribution in [-0.4, -0.2) is 73.8 Å². The van der Waals surface area contributed by atoms with E-state index in [1.165, 1.54) is 0 Å². The maximum atomic E-state index is 9.79. The van der Waals surface area contributed by atoms with Gasteiger partial charge < -0.3 is 29.7 Å². The quantitative estimate of drug-likeness (QED) is 0.412. The molecule has 0 bridgehead atoms. The van der Waals surface area contributed by atoms with Crippen molar-refractivity contribution in [3.63, 3.8) is 0 Å². The first-order valence-corrected chi connectivity index (χ1v) is 9.87. The average molecular weight is 410 g/mol. The van der Waals surface area contributed by atoms with Crippen molar-refractivity contribution in [2.24, 2.45) is 0 Å². The van der Waals surface area contributed by atoms with E-state index in [4.69, 9.17) is 14.6 Å². The lowest BCUT2D eigenvalue weighted by Crippen LogP contribution is -2.46. The molecular formula is C19H27N3O5S.